The van der Waals surface area contributed by atoms with E-state index in [4.69, 9.17) is 10.2 Å². The third-order valence-corrected chi connectivity index (χ3v) is 5.80. The number of benzene rings is 1. The molecule has 0 spiro atoms. The zero-order chi connectivity index (χ0) is 18.5. The van der Waals surface area contributed by atoms with Crippen LogP contribution < -0.4 is 11.1 Å². The summed E-state index contributed by atoms with van der Waals surface area (Å²) in [5.41, 5.74) is 8.36. The molecule has 0 fully saturated rings. The van der Waals surface area contributed by atoms with E-state index in [1.807, 2.05) is 36.4 Å². The summed E-state index contributed by atoms with van der Waals surface area (Å²) < 4.78 is 8.14. The fraction of sp³-hybridized carbons (Fsp3) is 0.211. The van der Waals surface area contributed by atoms with Gasteiger partial charge in [0.05, 0.1) is 6.26 Å². The summed E-state index contributed by atoms with van der Waals surface area (Å²) in [6, 6.07) is 11.2. The number of hydrogen-bond acceptors (Lipinski definition) is 6. The summed E-state index contributed by atoms with van der Waals surface area (Å²) in [7, 11) is 0. The maximum Gasteiger partial charge on any atom is 0.241 e. The average molecular weight is 426 g/mol. The maximum absolute atomic E-state index is 13.2. The molecule has 8 heteroatoms. The Labute approximate surface area is 163 Å². The number of nitrogen functional groups attached to an aromatic ring is 1. The van der Waals surface area contributed by atoms with Crippen molar-refractivity contribution in [1.82, 2.24) is 14.8 Å². The summed E-state index contributed by atoms with van der Waals surface area (Å²) >= 11 is 3.61. The number of rotatable bonds is 2. The molecule has 7 nitrogen and oxygen atoms in total. The van der Waals surface area contributed by atoms with Crippen LogP contribution in [0.15, 0.2) is 62.8 Å². The molecule has 2 aromatic heterocycles. The predicted octanol–water partition coefficient (Wildman–Crippen LogP) is 3.63. The lowest BCUT2D eigenvalue weighted by Crippen LogP contribution is -2.33. The molecular formula is C19H16BrN5O2. The summed E-state index contributed by atoms with van der Waals surface area (Å²) in [5, 5.41) is 7.61. The van der Waals surface area contributed by atoms with Gasteiger partial charge in [0, 0.05) is 28.1 Å². The van der Waals surface area contributed by atoms with Crippen LogP contribution >= 0.6 is 15.9 Å². The molecule has 0 unspecified atom stereocenters. The predicted molar refractivity (Wildman–Crippen MR) is 103 cm³/mol. The Kier molecular flexibility index (Phi) is 3.68. The minimum atomic E-state index is -0.373. The van der Waals surface area contributed by atoms with E-state index in [0.717, 1.165) is 21.5 Å². The van der Waals surface area contributed by atoms with Crippen molar-refractivity contribution in [2.75, 3.05) is 11.1 Å². The van der Waals surface area contributed by atoms with E-state index >= 15 is 0 Å². The second-order valence-electron chi connectivity index (χ2n) is 6.72. The molecular weight excluding hydrogens is 410 g/mol. The molecule has 0 saturated heterocycles. The van der Waals surface area contributed by atoms with Gasteiger partial charge in [-0.3, -0.25) is 4.79 Å². The number of allylic oxidation sites excluding steroid dienone is 2. The van der Waals surface area contributed by atoms with Crippen molar-refractivity contribution in [3.05, 3.63) is 69.7 Å². The van der Waals surface area contributed by atoms with E-state index in [1.165, 1.54) is 0 Å². The van der Waals surface area contributed by atoms with Gasteiger partial charge < -0.3 is 15.5 Å². The van der Waals surface area contributed by atoms with E-state index < -0.39 is 0 Å². The highest BCUT2D eigenvalue weighted by molar-refractivity contribution is 9.10. The first-order valence-corrected chi connectivity index (χ1v) is 9.44. The van der Waals surface area contributed by atoms with Gasteiger partial charge in [-0.2, -0.15) is 4.98 Å². The molecule has 1 aromatic carbocycles. The largest absolute Gasteiger partial charge is 0.469 e. The number of halogens is 1. The number of nitrogens with zero attached hydrogens (tertiary/aromatic N) is 3. The number of carbonyl (C=O) groups is 1. The molecule has 0 bridgehead atoms. The van der Waals surface area contributed by atoms with Crippen LogP contribution in [-0.4, -0.2) is 20.5 Å². The fourth-order valence-corrected chi connectivity index (χ4v) is 4.44. The van der Waals surface area contributed by atoms with Gasteiger partial charge in [-0.15, -0.1) is 5.10 Å². The smallest absolute Gasteiger partial charge is 0.241 e. The van der Waals surface area contributed by atoms with Gasteiger partial charge in [-0.1, -0.05) is 34.1 Å². The number of Topliss-reactive ketones (excluding diaryl/α,β-unsaturated/α-hetero) is 1. The number of nitrogens with two attached hydrogens (primary N) is 1. The number of furan rings is 1. The summed E-state index contributed by atoms with van der Waals surface area (Å²) in [6.45, 7) is 0. The van der Waals surface area contributed by atoms with Crippen molar-refractivity contribution in [2.45, 2.75) is 24.8 Å². The Morgan fingerprint density at radius 1 is 1.22 bits per heavy atom. The molecule has 2 atom stereocenters. The molecule has 136 valence electrons. The normalized spacial score (nSPS) is 21.6. The summed E-state index contributed by atoms with van der Waals surface area (Å²) in [4.78, 5) is 17.5. The monoisotopic (exact) mass is 425 g/mol. The van der Waals surface area contributed by atoms with Crippen LogP contribution in [0.2, 0.25) is 0 Å². The number of nitrogens with one attached hydrogen (secondary N) is 1. The zero-order valence-electron chi connectivity index (χ0n) is 14.2. The average Bonchev–Trinajstić information content (AvgIpc) is 3.29. The van der Waals surface area contributed by atoms with Crippen molar-refractivity contribution in [2.24, 2.45) is 0 Å². The van der Waals surface area contributed by atoms with Gasteiger partial charge in [0.25, 0.3) is 0 Å². The highest BCUT2D eigenvalue weighted by Gasteiger charge is 2.40. The molecule has 27 heavy (non-hydrogen) atoms. The van der Waals surface area contributed by atoms with E-state index in [1.54, 1.807) is 10.9 Å². The highest BCUT2D eigenvalue weighted by atomic mass is 79.9. The number of fused-ring (bicyclic) bond motifs is 1. The molecule has 3 aromatic rings. The first-order chi connectivity index (χ1) is 13.1. The van der Waals surface area contributed by atoms with Crippen LogP contribution in [0, 0.1) is 0 Å². The highest BCUT2D eigenvalue weighted by Crippen LogP contribution is 2.45. The number of hydrogen-bond donors (Lipinski definition) is 2. The topological polar surface area (TPSA) is 99.0 Å². The molecule has 3 N–H and O–H groups in total. The number of aromatic nitrogens is 3. The Balaban J connectivity index is 1.66. The van der Waals surface area contributed by atoms with E-state index in [0.29, 0.717) is 24.4 Å². The third kappa shape index (κ3) is 2.59. The van der Waals surface area contributed by atoms with Crippen LogP contribution in [0.25, 0.3) is 0 Å². The Hall–Kier alpha value is -2.87. The summed E-state index contributed by atoms with van der Waals surface area (Å²) in [5.74, 6) is 1.61. The van der Waals surface area contributed by atoms with Crippen LogP contribution in [-0.2, 0) is 4.79 Å². The van der Waals surface area contributed by atoms with Crippen molar-refractivity contribution in [3.8, 4) is 0 Å². The van der Waals surface area contributed by atoms with Crippen molar-refractivity contribution >= 4 is 33.6 Å². The van der Waals surface area contributed by atoms with Gasteiger partial charge in [0.2, 0.25) is 11.9 Å². The molecule has 0 radical (unpaired) electrons. The molecule has 5 rings (SSSR count). The molecule has 0 amide bonds. The van der Waals surface area contributed by atoms with Gasteiger partial charge in [0.1, 0.15) is 11.8 Å². The minimum absolute atomic E-state index is 0.00503. The van der Waals surface area contributed by atoms with Crippen LogP contribution in [0.4, 0.5) is 11.9 Å². The minimum Gasteiger partial charge on any atom is -0.469 e. The van der Waals surface area contributed by atoms with Crippen molar-refractivity contribution in [1.29, 1.82) is 0 Å². The number of carbonyl (C=O) groups excluding carboxylic acids is 1. The van der Waals surface area contributed by atoms with Crippen LogP contribution in [0.5, 0.6) is 0 Å². The second kappa shape index (κ2) is 6.09. The van der Waals surface area contributed by atoms with E-state index in [2.05, 4.69) is 31.3 Å². The van der Waals surface area contributed by atoms with Gasteiger partial charge in [-0.25, -0.2) is 4.68 Å². The molecule has 3 heterocycles. The van der Waals surface area contributed by atoms with Crippen LogP contribution in [0.1, 0.15) is 36.1 Å². The third-order valence-electron chi connectivity index (χ3n) is 5.08. The lowest BCUT2D eigenvalue weighted by atomic mass is 9.79. The quantitative estimate of drug-likeness (QED) is 0.650. The molecule has 0 saturated carbocycles. The van der Waals surface area contributed by atoms with Crippen molar-refractivity contribution in [3.63, 3.8) is 0 Å². The number of anilines is 2. The second-order valence-corrected chi connectivity index (χ2v) is 7.58. The van der Waals surface area contributed by atoms with E-state index in [9.17, 15) is 4.79 Å². The molecule has 1 aliphatic carbocycles. The maximum atomic E-state index is 13.2. The lowest BCUT2D eigenvalue weighted by molar-refractivity contribution is -0.117. The number of ketones is 1. The van der Waals surface area contributed by atoms with E-state index in [-0.39, 0.29) is 23.7 Å². The van der Waals surface area contributed by atoms with Gasteiger partial charge in [0.15, 0.2) is 5.78 Å². The summed E-state index contributed by atoms with van der Waals surface area (Å²) in [6.07, 6.45) is 2.70. The van der Waals surface area contributed by atoms with Gasteiger partial charge in [-0.05, 0) is 30.2 Å². The molecule has 1 aliphatic heterocycles. The first-order valence-electron chi connectivity index (χ1n) is 8.65. The zero-order valence-corrected chi connectivity index (χ0v) is 15.8. The SMILES string of the molecule is Nc1nc2n(n1)[C@H](c1ccccc1Br)C1=C(C[C@@H](c3ccco3)CC1=O)N2. The fourth-order valence-electron chi connectivity index (χ4n) is 3.94. The van der Waals surface area contributed by atoms with Crippen LogP contribution in [0.3, 0.4) is 0 Å². The van der Waals surface area contributed by atoms with Crippen molar-refractivity contribution < 1.29 is 9.21 Å². The van der Waals surface area contributed by atoms with Gasteiger partial charge >= 0.3 is 0 Å². The first kappa shape index (κ1) is 16.3. The molecule has 2 aliphatic rings. The lowest BCUT2D eigenvalue weighted by Gasteiger charge is -2.34. The Morgan fingerprint density at radius 2 is 2.07 bits per heavy atom. The standard InChI is InChI=1S/C19H16BrN5O2/c20-12-5-2-1-4-11(12)17-16-13(22-19-23-18(21)24-25(17)19)8-10(9-14(16)26)15-6-3-7-27-15/h1-7,10,17H,8-9H2,(H3,21,22,23,24)/t10-,17-/m1/s1. The Morgan fingerprint density at radius 3 is 2.85 bits per heavy atom. The Bertz CT molecular complexity index is 1070.